The molecule has 3 aromatic rings. The molecule has 0 radical (unpaired) electrons. The van der Waals surface area contributed by atoms with E-state index in [4.69, 9.17) is 23.2 Å². The number of nitrogens with zero attached hydrogens (tertiary/aromatic N) is 2. The molecule has 134 valence electrons. The summed E-state index contributed by atoms with van der Waals surface area (Å²) in [5.41, 5.74) is 0.237. The van der Waals surface area contributed by atoms with Gasteiger partial charge in [-0.25, -0.2) is 13.1 Å². The number of aromatic nitrogens is 3. The van der Waals surface area contributed by atoms with E-state index in [1.165, 1.54) is 18.3 Å². The van der Waals surface area contributed by atoms with Crippen LogP contribution in [0.4, 0.5) is 18.9 Å². The summed E-state index contributed by atoms with van der Waals surface area (Å²) in [5, 5.41) is 3.77. The van der Waals surface area contributed by atoms with E-state index >= 15 is 0 Å². The zero-order valence-corrected chi connectivity index (χ0v) is 14.4. The lowest BCUT2D eigenvalue weighted by Crippen LogP contribution is -2.19. The molecule has 0 bridgehead atoms. The van der Waals surface area contributed by atoms with Gasteiger partial charge in [-0.2, -0.15) is 18.3 Å². The van der Waals surface area contributed by atoms with Gasteiger partial charge in [-0.1, -0.05) is 23.2 Å². The highest BCUT2D eigenvalue weighted by atomic mass is 35.5. The van der Waals surface area contributed by atoms with Crippen molar-refractivity contribution < 1.29 is 21.6 Å². The van der Waals surface area contributed by atoms with Crippen LogP contribution in [0, 0.1) is 0 Å². The standard InChI is InChI=1S/C13H9Cl2F3N4O2S/c14-7-1-2-8-9(3-7)19-5-11(8)25(23,24)21-10-4-20-22(12(10)15)6-13(16,17)18/h1-5,19,21H,6H2. The number of halogens is 5. The molecule has 3 rings (SSSR count). The Labute approximate surface area is 149 Å². The zero-order chi connectivity index (χ0) is 18.4. The van der Waals surface area contributed by atoms with Crippen LogP contribution in [-0.2, 0) is 16.6 Å². The Morgan fingerprint density at radius 1 is 1.28 bits per heavy atom. The van der Waals surface area contributed by atoms with E-state index in [1.807, 2.05) is 0 Å². The zero-order valence-electron chi connectivity index (χ0n) is 12.1. The van der Waals surface area contributed by atoms with Gasteiger partial charge in [-0.3, -0.25) is 4.72 Å². The van der Waals surface area contributed by atoms with Crippen LogP contribution in [-0.4, -0.2) is 29.4 Å². The summed E-state index contributed by atoms with van der Waals surface area (Å²) in [6.45, 7) is -1.43. The predicted molar refractivity (Wildman–Crippen MR) is 87.4 cm³/mol. The first-order valence-corrected chi connectivity index (χ1v) is 8.88. The Hall–Kier alpha value is -1.91. The second-order valence-corrected chi connectivity index (χ2v) is 7.52. The number of aromatic amines is 1. The van der Waals surface area contributed by atoms with E-state index in [9.17, 15) is 21.6 Å². The molecule has 0 unspecified atom stereocenters. The number of fused-ring (bicyclic) bond motifs is 1. The maximum absolute atomic E-state index is 12.5. The molecule has 0 saturated heterocycles. The number of benzene rings is 1. The highest BCUT2D eigenvalue weighted by Crippen LogP contribution is 2.30. The summed E-state index contributed by atoms with van der Waals surface area (Å²) in [7, 11) is -4.11. The van der Waals surface area contributed by atoms with E-state index in [-0.39, 0.29) is 10.6 Å². The van der Waals surface area contributed by atoms with Gasteiger partial charge in [-0.15, -0.1) is 0 Å². The Balaban J connectivity index is 1.94. The molecule has 0 fully saturated rings. The van der Waals surface area contributed by atoms with E-state index in [0.717, 1.165) is 6.20 Å². The minimum absolute atomic E-state index is 0.0983. The van der Waals surface area contributed by atoms with Gasteiger partial charge in [0, 0.05) is 22.1 Å². The topological polar surface area (TPSA) is 79.8 Å². The molecule has 2 aromatic heterocycles. The summed E-state index contributed by atoms with van der Waals surface area (Å²) >= 11 is 11.6. The molecule has 0 aliphatic heterocycles. The number of sulfonamides is 1. The average Bonchev–Trinajstić information content (AvgIpc) is 3.04. The maximum atomic E-state index is 12.5. The van der Waals surface area contributed by atoms with Crippen molar-refractivity contribution in [2.75, 3.05) is 4.72 Å². The van der Waals surface area contributed by atoms with Gasteiger partial charge in [0.25, 0.3) is 10.0 Å². The number of hydrogen-bond donors (Lipinski definition) is 2. The Morgan fingerprint density at radius 3 is 2.68 bits per heavy atom. The minimum atomic E-state index is -4.54. The third kappa shape index (κ3) is 3.70. The quantitative estimate of drug-likeness (QED) is 0.678. The number of hydrogen-bond acceptors (Lipinski definition) is 3. The van der Waals surface area contributed by atoms with Crippen molar-refractivity contribution in [1.82, 2.24) is 14.8 Å². The van der Waals surface area contributed by atoms with Crippen molar-refractivity contribution in [3.05, 3.63) is 40.8 Å². The van der Waals surface area contributed by atoms with E-state index in [2.05, 4.69) is 14.8 Å². The molecule has 6 nitrogen and oxygen atoms in total. The van der Waals surface area contributed by atoms with E-state index in [1.54, 1.807) is 6.07 Å². The fourth-order valence-corrected chi connectivity index (χ4v) is 3.87. The summed E-state index contributed by atoms with van der Waals surface area (Å²) < 4.78 is 64.9. The summed E-state index contributed by atoms with van der Waals surface area (Å²) in [5.74, 6) is 0. The largest absolute Gasteiger partial charge is 0.408 e. The van der Waals surface area contributed by atoms with Crippen molar-refractivity contribution >= 4 is 49.8 Å². The number of nitrogens with one attached hydrogen (secondary N) is 2. The molecule has 0 spiro atoms. The third-order valence-corrected chi connectivity index (χ3v) is 5.28. The van der Waals surface area contributed by atoms with Crippen LogP contribution in [0.15, 0.2) is 35.5 Å². The minimum Gasteiger partial charge on any atom is -0.360 e. The lowest BCUT2D eigenvalue weighted by atomic mass is 10.2. The van der Waals surface area contributed by atoms with Gasteiger partial charge in [0.05, 0.1) is 6.20 Å². The molecule has 2 heterocycles. The first-order valence-electron chi connectivity index (χ1n) is 6.64. The molecule has 2 N–H and O–H groups in total. The average molecular weight is 413 g/mol. The molecular weight excluding hydrogens is 404 g/mol. The summed E-state index contributed by atoms with van der Waals surface area (Å²) in [6, 6.07) is 4.58. The normalized spacial score (nSPS) is 12.7. The van der Waals surface area contributed by atoms with Gasteiger partial charge >= 0.3 is 6.18 Å². The highest BCUT2D eigenvalue weighted by Gasteiger charge is 2.30. The van der Waals surface area contributed by atoms with Crippen LogP contribution in [0.5, 0.6) is 0 Å². The van der Waals surface area contributed by atoms with Gasteiger partial charge in [0.15, 0.2) is 5.15 Å². The van der Waals surface area contributed by atoms with Crippen LogP contribution in [0.2, 0.25) is 10.2 Å². The second-order valence-electron chi connectivity index (χ2n) is 5.07. The Kier molecular flexibility index (Phi) is 4.38. The van der Waals surface area contributed by atoms with Crippen molar-refractivity contribution in [3.8, 4) is 0 Å². The first kappa shape index (κ1) is 17.9. The molecule has 0 atom stereocenters. The van der Waals surface area contributed by atoms with Gasteiger partial charge < -0.3 is 4.98 Å². The highest BCUT2D eigenvalue weighted by molar-refractivity contribution is 7.93. The smallest absolute Gasteiger partial charge is 0.360 e. The van der Waals surface area contributed by atoms with Crippen molar-refractivity contribution in [1.29, 1.82) is 0 Å². The molecule has 1 aromatic carbocycles. The van der Waals surface area contributed by atoms with Crippen molar-refractivity contribution in [3.63, 3.8) is 0 Å². The third-order valence-electron chi connectivity index (χ3n) is 3.24. The Morgan fingerprint density at radius 2 is 2.00 bits per heavy atom. The number of anilines is 1. The second kappa shape index (κ2) is 6.11. The monoisotopic (exact) mass is 412 g/mol. The molecule has 25 heavy (non-hydrogen) atoms. The Bertz CT molecular complexity index is 1040. The number of alkyl halides is 3. The molecule has 0 aliphatic rings. The van der Waals surface area contributed by atoms with Crippen LogP contribution in [0.1, 0.15) is 0 Å². The van der Waals surface area contributed by atoms with Crippen LogP contribution < -0.4 is 4.72 Å². The van der Waals surface area contributed by atoms with Gasteiger partial charge in [-0.05, 0) is 18.2 Å². The lowest BCUT2D eigenvalue weighted by Gasteiger charge is -2.08. The van der Waals surface area contributed by atoms with Crippen LogP contribution in [0.3, 0.4) is 0 Å². The van der Waals surface area contributed by atoms with Crippen LogP contribution in [0.25, 0.3) is 10.9 Å². The number of H-pyrrole nitrogens is 1. The molecule has 12 heteroatoms. The van der Waals surface area contributed by atoms with Gasteiger partial charge in [0.2, 0.25) is 0 Å². The van der Waals surface area contributed by atoms with Crippen LogP contribution >= 0.6 is 23.2 Å². The fourth-order valence-electron chi connectivity index (χ4n) is 2.21. The fraction of sp³-hybridized carbons (Fsp3) is 0.154. The molecule has 0 aliphatic carbocycles. The lowest BCUT2D eigenvalue weighted by molar-refractivity contribution is -0.142. The molecule has 0 amide bonds. The number of rotatable bonds is 4. The van der Waals surface area contributed by atoms with E-state index < -0.39 is 27.9 Å². The maximum Gasteiger partial charge on any atom is 0.408 e. The first-order chi connectivity index (χ1) is 11.6. The predicted octanol–water partition coefficient (Wildman–Crippen LogP) is 4.03. The summed E-state index contributed by atoms with van der Waals surface area (Å²) in [6.07, 6.45) is -2.38. The summed E-state index contributed by atoms with van der Waals surface area (Å²) in [4.78, 5) is 2.67. The van der Waals surface area contributed by atoms with Crippen molar-refractivity contribution in [2.45, 2.75) is 17.6 Å². The van der Waals surface area contributed by atoms with Gasteiger partial charge in [0.1, 0.15) is 17.1 Å². The van der Waals surface area contributed by atoms with Crippen molar-refractivity contribution in [2.24, 2.45) is 0 Å². The molecular formula is C13H9Cl2F3N4O2S. The molecule has 0 saturated carbocycles. The van der Waals surface area contributed by atoms with E-state index in [0.29, 0.717) is 20.6 Å². The SMILES string of the molecule is O=S(=O)(Nc1cnn(CC(F)(F)F)c1Cl)c1c[nH]c2cc(Cl)ccc12.